The van der Waals surface area contributed by atoms with Gasteiger partial charge < -0.3 is 0 Å². The van der Waals surface area contributed by atoms with Crippen LogP contribution >= 0.6 is 11.6 Å². The summed E-state index contributed by atoms with van der Waals surface area (Å²) in [5, 5.41) is 11.7. The molecule has 0 unspecified atom stereocenters. The molecule has 0 aromatic carbocycles. The van der Waals surface area contributed by atoms with Crippen LogP contribution in [0.25, 0.3) is 0 Å². The fourth-order valence-corrected chi connectivity index (χ4v) is 1.88. The second-order valence-electron chi connectivity index (χ2n) is 4.28. The average molecular weight is 313 g/mol. The van der Waals surface area contributed by atoms with Crippen LogP contribution in [0.1, 0.15) is 28.7 Å². The number of carbonyl (C=O) groups is 1. The molecular formula is C12H14ClFN6O. The predicted molar refractivity (Wildman–Crippen MR) is 75.9 cm³/mol. The third-order valence-electron chi connectivity index (χ3n) is 2.95. The van der Waals surface area contributed by atoms with E-state index in [1.165, 1.54) is 21.8 Å². The molecule has 1 amide bonds. The number of aryl methyl sites for hydroxylation is 2. The van der Waals surface area contributed by atoms with Gasteiger partial charge >= 0.3 is 0 Å². The molecule has 2 heterocycles. The maximum Gasteiger partial charge on any atom is 0.293 e. The molecule has 0 spiro atoms. The molecule has 7 nitrogen and oxygen atoms in total. The summed E-state index contributed by atoms with van der Waals surface area (Å²) in [6, 6.07) is 0. The van der Waals surface area contributed by atoms with Crippen LogP contribution in [-0.4, -0.2) is 31.7 Å². The average Bonchev–Trinajstić information content (AvgIpc) is 2.94. The van der Waals surface area contributed by atoms with Crippen molar-refractivity contribution >= 4 is 23.7 Å². The van der Waals surface area contributed by atoms with Crippen LogP contribution in [0.15, 0.2) is 11.3 Å². The van der Waals surface area contributed by atoms with Gasteiger partial charge in [-0.2, -0.15) is 19.7 Å². The zero-order chi connectivity index (χ0) is 15.6. The number of nitrogens with one attached hydrogen (secondary N) is 1. The highest BCUT2D eigenvalue weighted by Gasteiger charge is 2.17. The van der Waals surface area contributed by atoms with Crippen molar-refractivity contribution in [3.63, 3.8) is 0 Å². The predicted octanol–water partition coefficient (Wildman–Crippen LogP) is 1.50. The van der Waals surface area contributed by atoms with E-state index in [2.05, 4.69) is 20.7 Å². The number of nitrogens with zero attached hydrogens (tertiary/aromatic N) is 5. The topological polar surface area (TPSA) is 77.1 Å². The van der Waals surface area contributed by atoms with Gasteiger partial charge in [0.1, 0.15) is 0 Å². The Labute approximate surface area is 125 Å². The van der Waals surface area contributed by atoms with E-state index in [1.54, 1.807) is 20.9 Å². The van der Waals surface area contributed by atoms with Gasteiger partial charge in [0.05, 0.1) is 28.7 Å². The third kappa shape index (κ3) is 2.94. The van der Waals surface area contributed by atoms with Crippen molar-refractivity contribution in [2.45, 2.75) is 20.4 Å². The zero-order valence-electron chi connectivity index (χ0n) is 11.8. The Morgan fingerprint density at radius 2 is 2.33 bits per heavy atom. The summed E-state index contributed by atoms with van der Waals surface area (Å²) in [6.07, 6.45) is 2.50. The lowest BCUT2D eigenvalue weighted by Gasteiger charge is -1.96. The van der Waals surface area contributed by atoms with Crippen LogP contribution in [0.2, 0.25) is 5.02 Å². The summed E-state index contributed by atoms with van der Waals surface area (Å²) < 4.78 is 16.3. The van der Waals surface area contributed by atoms with E-state index in [9.17, 15) is 9.18 Å². The van der Waals surface area contributed by atoms with Gasteiger partial charge in [-0.25, -0.2) is 10.1 Å². The minimum atomic E-state index is -0.566. The van der Waals surface area contributed by atoms with Crippen molar-refractivity contribution in [1.82, 2.24) is 25.0 Å². The van der Waals surface area contributed by atoms with Crippen LogP contribution in [0.4, 0.5) is 4.39 Å². The molecule has 2 aromatic heterocycles. The van der Waals surface area contributed by atoms with E-state index in [-0.39, 0.29) is 16.3 Å². The zero-order valence-corrected chi connectivity index (χ0v) is 12.5. The molecule has 0 fully saturated rings. The van der Waals surface area contributed by atoms with E-state index in [4.69, 9.17) is 11.6 Å². The van der Waals surface area contributed by atoms with Crippen LogP contribution in [0.5, 0.6) is 0 Å². The Morgan fingerprint density at radius 3 is 2.86 bits per heavy atom. The minimum Gasteiger partial charge on any atom is -0.271 e. The number of hydrazone groups is 1. The van der Waals surface area contributed by atoms with E-state index < -0.39 is 11.9 Å². The first-order valence-electron chi connectivity index (χ1n) is 6.19. The number of hydrogen-bond acceptors (Lipinski definition) is 4. The number of carbonyl (C=O) groups excluding carboxylic acids is 1. The summed E-state index contributed by atoms with van der Waals surface area (Å²) in [4.78, 5) is 11.9. The third-order valence-corrected chi connectivity index (χ3v) is 3.40. The first kappa shape index (κ1) is 15.2. The quantitative estimate of drug-likeness (QED) is 0.686. The van der Waals surface area contributed by atoms with Gasteiger partial charge in [0.2, 0.25) is 5.95 Å². The van der Waals surface area contributed by atoms with Gasteiger partial charge in [0.25, 0.3) is 5.91 Å². The molecular weight excluding hydrogens is 299 g/mol. The molecule has 1 N–H and O–H groups in total. The van der Waals surface area contributed by atoms with Crippen LogP contribution in [-0.2, 0) is 13.6 Å². The monoisotopic (exact) mass is 312 g/mol. The maximum absolute atomic E-state index is 13.7. The lowest BCUT2D eigenvalue weighted by molar-refractivity contribution is 0.0949. The molecule has 112 valence electrons. The molecule has 2 rings (SSSR count). The van der Waals surface area contributed by atoms with Crippen molar-refractivity contribution in [2.24, 2.45) is 12.1 Å². The summed E-state index contributed by atoms with van der Waals surface area (Å²) in [5.41, 5.74) is 3.17. The molecule has 0 radical (unpaired) electrons. The second kappa shape index (κ2) is 6.04. The molecule has 0 aliphatic rings. The fourth-order valence-electron chi connectivity index (χ4n) is 1.63. The highest BCUT2D eigenvalue weighted by atomic mass is 35.5. The number of halogens is 2. The molecule has 0 bridgehead atoms. The first-order chi connectivity index (χ1) is 9.95. The van der Waals surface area contributed by atoms with Crippen molar-refractivity contribution < 1.29 is 9.18 Å². The Balaban J connectivity index is 2.08. The van der Waals surface area contributed by atoms with Gasteiger partial charge in [-0.3, -0.25) is 9.48 Å². The van der Waals surface area contributed by atoms with Gasteiger partial charge in [-0.1, -0.05) is 11.6 Å². The summed E-state index contributed by atoms with van der Waals surface area (Å²) in [5.74, 6) is -1.08. The van der Waals surface area contributed by atoms with Crippen molar-refractivity contribution in [2.75, 3.05) is 0 Å². The summed E-state index contributed by atoms with van der Waals surface area (Å²) in [7, 11) is 1.68. The standard InChI is InChI=1S/C12H14ClFN6O/c1-4-20-11(14)8(6-16-20)5-15-17-12(21)10-9(13)7(2)19(3)18-10/h5-6H,4H2,1-3H3,(H,17,21). The van der Waals surface area contributed by atoms with Crippen molar-refractivity contribution in [3.05, 3.63) is 34.1 Å². The number of rotatable bonds is 4. The number of aromatic nitrogens is 4. The Bertz CT molecular complexity index is 705. The lowest BCUT2D eigenvalue weighted by Crippen LogP contribution is -2.19. The summed E-state index contributed by atoms with van der Waals surface area (Å²) >= 11 is 5.98. The largest absolute Gasteiger partial charge is 0.293 e. The fraction of sp³-hybridized carbons (Fsp3) is 0.333. The lowest BCUT2D eigenvalue weighted by atomic mass is 10.3. The van der Waals surface area contributed by atoms with Gasteiger partial charge in [-0.15, -0.1) is 0 Å². The normalized spacial score (nSPS) is 11.3. The van der Waals surface area contributed by atoms with Crippen LogP contribution < -0.4 is 5.43 Å². The highest BCUT2D eigenvalue weighted by molar-refractivity contribution is 6.34. The Morgan fingerprint density at radius 1 is 1.62 bits per heavy atom. The molecule has 9 heteroatoms. The van der Waals surface area contributed by atoms with E-state index >= 15 is 0 Å². The number of hydrogen-bond donors (Lipinski definition) is 1. The van der Waals surface area contributed by atoms with Crippen molar-refractivity contribution in [1.29, 1.82) is 0 Å². The van der Waals surface area contributed by atoms with Crippen molar-refractivity contribution in [3.8, 4) is 0 Å². The maximum atomic E-state index is 13.7. The SMILES string of the molecule is CCn1ncc(C=NNC(=O)c2nn(C)c(C)c2Cl)c1F. The van der Waals surface area contributed by atoms with E-state index in [1.807, 2.05) is 0 Å². The van der Waals surface area contributed by atoms with Gasteiger partial charge in [-0.05, 0) is 13.8 Å². The van der Waals surface area contributed by atoms with Gasteiger partial charge in [0, 0.05) is 13.6 Å². The Hall–Kier alpha value is -2.22. The molecule has 0 aliphatic heterocycles. The number of amides is 1. The Kier molecular flexibility index (Phi) is 4.37. The molecule has 21 heavy (non-hydrogen) atoms. The summed E-state index contributed by atoms with van der Waals surface area (Å²) in [6.45, 7) is 3.92. The molecule has 0 saturated heterocycles. The first-order valence-corrected chi connectivity index (χ1v) is 6.57. The molecule has 2 aromatic rings. The van der Waals surface area contributed by atoms with E-state index in [0.29, 0.717) is 12.2 Å². The second-order valence-corrected chi connectivity index (χ2v) is 4.66. The molecule has 0 saturated carbocycles. The minimum absolute atomic E-state index is 0.0681. The van der Waals surface area contributed by atoms with E-state index in [0.717, 1.165) is 0 Å². The van der Waals surface area contributed by atoms with Crippen LogP contribution in [0, 0.1) is 12.9 Å². The molecule has 0 aliphatic carbocycles. The highest BCUT2D eigenvalue weighted by Crippen LogP contribution is 2.18. The van der Waals surface area contributed by atoms with Crippen LogP contribution in [0.3, 0.4) is 0 Å². The smallest absolute Gasteiger partial charge is 0.271 e. The molecule has 0 atom stereocenters. The van der Waals surface area contributed by atoms with Gasteiger partial charge in [0.15, 0.2) is 5.69 Å².